The highest BCUT2D eigenvalue weighted by molar-refractivity contribution is 5.89. The first-order valence-corrected chi connectivity index (χ1v) is 9.58. The summed E-state index contributed by atoms with van der Waals surface area (Å²) in [5.74, 6) is 0.722. The van der Waals surface area contributed by atoms with Crippen molar-refractivity contribution in [2.45, 2.75) is 38.8 Å². The van der Waals surface area contributed by atoms with Gasteiger partial charge < -0.3 is 14.4 Å². The SMILES string of the molecule is COCCCCN1C(=O)[C@@H](Oc2cc(C)cc(C)c2)[C@H]1c1ccc(C#N)cc1. The van der Waals surface area contributed by atoms with Crippen LogP contribution in [0.2, 0.25) is 0 Å². The number of aryl methyl sites for hydroxylation is 2. The van der Waals surface area contributed by atoms with Crippen molar-refractivity contribution in [2.24, 2.45) is 0 Å². The molecule has 0 spiro atoms. The van der Waals surface area contributed by atoms with E-state index in [2.05, 4.69) is 12.1 Å². The van der Waals surface area contributed by atoms with Gasteiger partial charge in [0.1, 0.15) is 11.8 Å². The summed E-state index contributed by atoms with van der Waals surface area (Å²) in [7, 11) is 1.68. The second kappa shape index (κ2) is 8.90. The number of carbonyl (C=O) groups is 1. The average Bonchev–Trinajstić information content (AvgIpc) is 2.68. The standard InChI is InChI=1S/C23H26N2O3/c1-16-12-17(2)14-20(13-16)28-22-21(19-8-6-18(15-24)7-9-19)25(23(22)26)10-4-5-11-27-3/h6-9,12-14,21-22H,4-5,10-11H2,1-3H3/t21-,22+/m1/s1. The maximum Gasteiger partial charge on any atom is 0.266 e. The molecule has 5 heteroatoms. The van der Waals surface area contributed by atoms with Crippen LogP contribution in [0.3, 0.4) is 0 Å². The highest BCUT2D eigenvalue weighted by Crippen LogP contribution is 2.38. The number of β-lactam (4-membered cyclic amide) rings is 1. The number of amides is 1. The van der Waals surface area contributed by atoms with Crippen molar-refractivity contribution in [1.29, 1.82) is 5.26 Å². The summed E-state index contributed by atoms with van der Waals surface area (Å²) < 4.78 is 11.2. The van der Waals surface area contributed by atoms with Gasteiger partial charge in [-0.05, 0) is 67.6 Å². The average molecular weight is 378 g/mol. The summed E-state index contributed by atoms with van der Waals surface area (Å²) >= 11 is 0. The second-order valence-corrected chi connectivity index (χ2v) is 7.27. The van der Waals surface area contributed by atoms with E-state index in [0.717, 1.165) is 29.5 Å². The number of ether oxygens (including phenoxy) is 2. The molecule has 1 amide bonds. The van der Waals surface area contributed by atoms with E-state index >= 15 is 0 Å². The highest BCUT2D eigenvalue weighted by atomic mass is 16.5. The Hall–Kier alpha value is -2.84. The van der Waals surface area contributed by atoms with Crippen molar-refractivity contribution in [3.05, 3.63) is 64.7 Å². The Balaban J connectivity index is 1.80. The van der Waals surface area contributed by atoms with Gasteiger partial charge in [0.2, 0.25) is 6.10 Å². The summed E-state index contributed by atoms with van der Waals surface area (Å²) in [5.41, 5.74) is 3.80. The van der Waals surface area contributed by atoms with Crippen molar-refractivity contribution >= 4 is 5.91 Å². The number of unbranched alkanes of at least 4 members (excludes halogenated alkanes) is 1. The number of benzene rings is 2. The molecule has 2 aromatic carbocycles. The Morgan fingerprint density at radius 3 is 2.36 bits per heavy atom. The molecule has 0 unspecified atom stereocenters. The number of likely N-dealkylation sites (tertiary alicyclic amines) is 1. The van der Waals surface area contributed by atoms with Gasteiger partial charge in [-0.15, -0.1) is 0 Å². The van der Waals surface area contributed by atoms with Crippen LogP contribution in [0.25, 0.3) is 0 Å². The second-order valence-electron chi connectivity index (χ2n) is 7.27. The summed E-state index contributed by atoms with van der Waals surface area (Å²) in [6.45, 7) is 5.39. The summed E-state index contributed by atoms with van der Waals surface area (Å²) in [4.78, 5) is 14.7. The summed E-state index contributed by atoms with van der Waals surface area (Å²) in [5, 5.41) is 9.05. The van der Waals surface area contributed by atoms with Gasteiger partial charge in [-0.2, -0.15) is 5.26 Å². The van der Waals surface area contributed by atoms with E-state index in [0.29, 0.717) is 24.5 Å². The molecule has 1 saturated heterocycles. The van der Waals surface area contributed by atoms with Gasteiger partial charge in [0, 0.05) is 20.3 Å². The lowest BCUT2D eigenvalue weighted by atomic mass is 9.89. The molecule has 0 bridgehead atoms. The quantitative estimate of drug-likeness (QED) is 0.516. The smallest absolute Gasteiger partial charge is 0.266 e. The van der Waals surface area contributed by atoms with E-state index in [4.69, 9.17) is 14.7 Å². The molecule has 0 N–H and O–H groups in total. The maximum absolute atomic E-state index is 12.8. The first-order valence-electron chi connectivity index (χ1n) is 9.58. The zero-order valence-corrected chi connectivity index (χ0v) is 16.6. The number of rotatable bonds is 8. The minimum atomic E-state index is -0.545. The van der Waals surface area contributed by atoms with Crippen molar-refractivity contribution in [3.63, 3.8) is 0 Å². The lowest BCUT2D eigenvalue weighted by Crippen LogP contribution is -2.61. The van der Waals surface area contributed by atoms with Crippen LogP contribution in [-0.4, -0.2) is 37.2 Å². The fraction of sp³-hybridized carbons (Fsp3) is 0.391. The van der Waals surface area contributed by atoms with Gasteiger partial charge in [0.05, 0.1) is 11.6 Å². The normalized spacial score (nSPS) is 18.5. The van der Waals surface area contributed by atoms with Crippen LogP contribution >= 0.6 is 0 Å². The van der Waals surface area contributed by atoms with Crippen molar-refractivity contribution < 1.29 is 14.3 Å². The van der Waals surface area contributed by atoms with Crippen molar-refractivity contribution in [2.75, 3.05) is 20.3 Å². The zero-order valence-electron chi connectivity index (χ0n) is 16.6. The van der Waals surface area contributed by atoms with E-state index in [-0.39, 0.29) is 11.9 Å². The molecule has 5 nitrogen and oxygen atoms in total. The summed E-state index contributed by atoms with van der Waals surface area (Å²) in [6, 6.07) is 15.4. The minimum Gasteiger partial charge on any atom is -0.478 e. The first-order chi connectivity index (χ1) is 13.5. The van der Waals surface area contributed by atoms with E-state index in [9.17, 15) is 4.79 Å². The monoisotopic (exact) mass is 378 g/mol. The van der Waals surface area contributed by atoms with Gasteiger partial charge in [0.25, 0.3) is 5.91 Å². The molecule has 28 heavy (non-hydrogen) atoms. The molecule has 2 atom stereocenters. The Morgan fingerprint density at radius 2 is 1.75 bits per heavy atom. The summed E-state index contributed by atoms with van der Waals surface area (Å²) in [6.07, 6.45) is 1.24. The van der Waals surface area contributed by atoms with Crippen LogP contribution in [0.4, 0.5) is 0 Å². The number of nitriles is 1. The third-order valence-corrected chi connectivity index (χ3v) is 4.99. The molecule has 1 heterocycles. The number of hydrogen-bond donors (Lipinski definition) is 0. The van der Waals surface area contributed by atoms with Gasteiger partial charge in [0.15, 0.2) is 0 Å². The molecule has 2 aromatic rings. The highest BCUT2D eigenvalue weighted by Gasteiger charge is 2.49. The van der Waals surface area contributed by atoms with Crippen LogP contribution in [0, 0.1) is 25.2 Å². The number of hydrogen-bond acceptors (Lipinski definition) is 4. The topological polar surface area (TPSA) is 62.6 Å². The molecule has 1 fully saturated rings. The third kappa shape index (κ3) is 4.35. The minimum absolute atomic E-state index is 0.00550. The van der Waals surface area contributed by atoms with Gasteiger partial charge >= 0.3 is 0 Å². The Labute approximate surface area is 166 Å². The molecule has 0 aliphatic carbocycles. The number of methoxy groups -OCH3 is 1. The van der Waals surface area contributed by atoms with Crippen LogP contribution in [0.1, 0.15) is 41.1 Å². The largest absolute Gasteiger partial charge is 0.478 e. The molecule has 3 rings (SSSR count). The van der Waals surface area contributed by atoms with Gasteiger partial charge in [-0.1, -0.05) is 18.2 Å². The van der Waals surface area contributed by atoms with Crippen LogP contribution in [0.5, 0.6) is 5.75 Å². The van der Waals surface area contributed by atoms with Crippen LogP contribution in [-0.2, 0) is 9.53 Å². The zero-order chi connectivity index (χ0) is 20.1. The predicted molar refractivity (Wildman–Crippen MR) is 107 cm³/mol. The molecular weight excluding hydrogens is 352 g/mol. The number of nitrogens with zero attached hydrogens (tertiary/aromatic N) is 2. The molecule has 0 saturated carbocycles. The van der Waals surface area contributed by atoms with E-state index in [1.807, 2.05) is 43.0 Å². The Morgan fingerprint density at radius 1 is 1.07 bits per heavy atom. The van der Waals surface area contributed by atoms with Crippen LogP contribution < -0.4 is 4.74 Å². The van der Waals surface area contributed by atoms with E-state index < -0.39 is 6.10 Å². The van der Waals surface area contributed by atoms with Crippen molar-refractivity contribution in [1.82, 2.24) is 4.90 Å². The number of carbonyl (C=O) groups excluding carboxylic acids is 1. The van der Waals surface area contributed by atoms with E-state index in [1.165, 1.54) is 0 Å². The van der Waals surface area contributed by atoms with Crippen molar-refractivity contribution in [3.8, 4) is 11.8 Å². The molecule has 0 aromatic heterocycles. The Kier molecular flexibility index (Phi) is 6.33. The lowest BCUT2D eigenvalue weighted by Gasteiger charge is -2.47. The molecule has 146 valence electrons. The van der Waals surface area contributed by atoms with E-state index in [1.54, 1.807) is 19.2 Å². The Bertz CT molecular complexity index is 850. The maximum atomic E-state index is 12.8. The molecular formula is C23H26N2O3. The lowest BCUT2D eigenvalue weighted by molar-refractivity contribution is -0.164. The van der Waals surface area contributed by atoms with Crippen LogP contribution in [0.15, 0.2) is 42.5 Å². The van der Waals surface area contributed by atoms with Gasteiger partial charge in [-0.25, -0.2) is 0 Å². The molecule has 0 radical (unpaired) electrons. The first kappa shape index (κ1) is 19.9. The molecule has 1 aliphatic heterocycles. The fourth-order valence-electron chi connectivity index (χ4n) is 3.67. The molecule has 1 aliphatic rings. The van der Waals surface area contributed by atoms with Gasteiger partial charge in [-0.3, -0.25) is 4.79 Å². The predicted octanol–water partition coefficient (Wildman–Crippen LogP) is 3.93. The fourth-order valence-corrected chi connectivity index (χ4v) is 3.67. The third-order valence-electron chi connectivity index (χ3n) is 4.99.